The van der Waals surface area contributed by atoms with Gasteiger partial charge in [-0.1, -0.05) is 0 Å². The van der Waals surface area contributed by atoms with E-state index in [1.54, 1.807) is 18.3 Å². The summed E-state index contributed by atoms with van der Waals surface area (Å²) in [7, 11) is 2.47. The number of aromatic nitrogens is 1. The summed E-state index contributed by atoms with van der Waals surface area (Å²) in [6.07, 6.45) is 6.99. The first-order chi connectivity index (χ1) is 13.4. The summed E-state index contributed by atoms with van der Waals surface area (Å²) in [6, 6.07) is 6.83. The van der Waals surface area contributed by atoms with Crippen LogP contribution in [-0.2, 0) is 4.79 Å². The van der Waals surface area contributed by atoms with E-state index in [1.807, 2.05) is 6.07 Å². The van der Waals surface area contributed by atoms with Gasteiger partial charge in [-0.25, -0.2) is 9.37 Å². The maximum Gasteiger partial charge on any atom is 0.244 e. The van der Waals surface area contributed by atoms with Gasteiger partial charge in [-0.15, -0.1) is 9.24 Å². The number of ether oxygens (including phenoxy) is 1. The molecule has 0 bridgehead atoms. The van der Waals surface area contributed by atoms with Crippen molar-refractivity contribution in [3.8, 4) is 17.0 Å². The number of pyridine rings is 1. The Morgan fingerprint density at radius 3 is 2.86 bits per heavy atom. The molecule has 1 heterocycles. The number of nitrogens with one attached hydrogen (secondary N) is 1. The summed E-state index contributed by atoms with van der Waals surface area (Å²) in [5, 5.41) is 12.9. The SMILES string of the molecule is NC(=O)/C=C(\O)CNc1c(F)cc(-c2cccnc2OC2CCCC2)cc1P. The number of hydrogen-bond acceptors (Lipinski definition) is 5. The third-order valence-electron chi connectivity index (χ3n) is 4.54. The fourth-order valence-corrected chi connectivity index (χ4v) is 3.65. The number of hydrogen-bond donors (Lipinski definition) is 3. The maximum atomic E-state index is 14.7. The molecule has 8 heteroatoms. The molecule has 1 unspecified atom stereocenters. The average Bonchev–Trinajstić information content (AvgIpc) is 3.14. The Bertz CT molecular complexity index is 875. The molecule has 1 atom stereocenters. The van der Waals surface area contributed by atoms with Crippen LogP contribution >= 0.6 is 9.24 Å². The fraction of sp³-hybridized carbons (Fsp3) is 0.300. The molecule has 28 heavy (non-hydrogen) atoms. The quantitative estimate of drug-likeness (QED) is 0.375. The second kappa shape index (κ2) is 9.02. The first-order valence-electron chi connectivity index (χ1n) is 9.08. The number of aliphatic hydroxyl groups is 1. The molecular formula is C20H23FN3O3P. The molecule has 1 saturated carbocycles. The van der Waals surface area contributed by atoms with Crippen molar-refractivity contribution in [1.29, 1.82) is 0 Å². The minimum atomic E-state index is -0.771. The molecule has 148 valence electrons. The number of primary amides is 1. The van der Waals surface area contributed by atoms with E-state index < -0.39 is 11.7 Å². The Kier molecular flexibility index (Phi) is 6.47. The topological polar surface area (TPSA) is 97.5 Å². The predicted molar refractivity (Wildman–Crippen MR) is 110 cm³/mol. The Balaban J connectivity index is 1.83. The fourth-order valence-electron chi connectivity index (χ4n) is 3.23. The lowest BCUT2D eigenvalue weighted by molar-refractivity contribution is -0.113. The molecule has 1 aliphatic rings. The summed E-state index contributed by atoms with van der Waals surface area (Å²) >= 11 is 0. The molecule has 2 aromatic rings. The first kappa shape index (κ1) is 20.1. The van der Waals surface area contributed by atoms with Crippen molar-refractivity contribution in [2.75, 3.05) is 11.9 Å². The van der Waals surface area contributed by atoms with Gasteiger partial charge in [0.05, 0.1) is 12.2 Å². The summed E-state index contributed by atoms with van der Waals surface area (Å²) in [5.41, 5.74) is 6.56. The largest absolute Gasteiger partial charge is 0.510 e. The second-order valence-corrected chi connectivity index (χ2v) is 7.32. The molecule has 3 rings (SSSR count). The normalized spacial score (nSPS) is 14.9. The Hall–Kier alpha value is -2.66. The van der Waals surface area contributed by atoms with Gasteiger partial charge in [-0.2, -0.15) is 0 Å². The number of nitrogens with zero attached hydrogens (tertiary/aromatic N) is 1. The van der Waals surface area contributed by atoms with E-state index in [4.69, 9.17) is 10.5 Å². The molecular weight excluding hydrogens is 380 g/mol. The average molecular weight is 403 g/mol. The summed E-state index contributed by atoms with van der Waals surface area (Å²) in [4.78, 5) is 15.1. The molecule has 1 amide bonds. The number of carbonyl (C=O) groups is 1. The number of anilines is 1. The number of halogens is 1. The third kappa shape index (κ3) is 4.98. The van der Waals surface area contributed by atoms with Crippen molar-refractivity contribution < 1.29 is 19.0 Å². The van der Waals surface area contributed by atoms with Crippen molar-refractivity contribution in [2.24, 2.45) is 5.73 Å². The summed E-state index contributed by atoms with van der Waals surface area (Å²) in [6.45, 7) is -0.121. The number of carbonyl (C=O) groups excluding carboxylic acids is 1. The highest BCUT2D eigenvalue weighted by atomic mass is 31.0. The van der Waals surface area contributed by atoms with Crippen LogP contribution in [0.25, 0.3) is 11.1 Å². The van der Waals surface area contributed by atoms with Crippen LogP contribution < -0.4 is 21.1 Å². The zero-order chi connectivity index (χ0) is 20.1. The molecule has 0 radical (unpaired) electrons. The second-order valence-electron chi connectivity index (χ2n) is 6.69. The van der Waals surface area contributed by atoms with Crippen LogP contribution in [0, 0.1) is 5.82 Å². The van der Waals surface area contributed by atoms with E-state index in [1.165, 1.54) is 6.07 Å². The molecule has 6 nitrogen and oxygen atoms in total. The van der Waals surface area contributed by atoms with E-state index in [0.717, 1.165) is 37.3 Å². The lowest BCUT2D eigenvalue weighted by Gasteiger charge is -2.17. The van der Waals surface area contributed by atoms with Crippen molar-refractivity contribution in [2.45, 2.75) is 31.8 Å². The number of benzene rings is 1. The first-order valence-corrected chi connectivity index (χ1v) is 9.65. The van der Waals surface area contributed by atoms with Crippen molar-refractivity contribution in [3.63, 3.8) is 0 Å². The minimum absolute atomic E-state index is 0.121. The lowest BCUT2D eigenvalue weighted by atomic mass is 10.1. The Morgan fingerprint density at radius 1 is 1.43 bits per heavy atom. The Morgan fingerprint density at radius 2 is 2.18 bits per heavy atom. The van der Waals surface area contributed by atoms with Gasteiger partial charge in [0.1, 0.15) is 17.7 Å². The molecule has 0 spiro atoms. The highest BCUT2D eigenvalue weighted by Crippen LogP contribution is 2.33. The zero-order valence-electron chi connectivity index (χ0n) is 15.3. The molecule has 1 aromatic heterocycles. The van der Waals surface area contributed by atoms with E-state index in [9.17, 15) is 14.3 Å². The highest BCUT2D eigenvalue weighted by Gasteiger charge is 2.20. The van der Waals surface area contributed by atoms with Crippen molar-refractivity contribution >= 4 is 26.1 Å². The lowest BCUT2D eigenvalue weighted by Crippen LogP contribution is -2.15. The van der Waals surface area contributed by atoms with Crippen LogP contribution in [-0.4, -0.2) is 28.6 Å². The Labute approximate surface area is 165 Å². The minimum Gasteiger partial charge on any atom is -0.510 e. The van der Waals surface area contributed by atoms with Crippen LogP contribution in [0.2, 0.25) is 0 Å². The number of nitrogens with two attached hydrogens (primary N) is 1. The van der Waals surface area contributed by atoms with E-state index in [-0.39, 0.29) is 24.1 Å². The number of rotatable bonds is 7. The van der Waals surface area contributed by atoms with Gasteiger partial charge in [0, 0.05) is 17.8 Å². The smallest absolute Gasteiger partial charge is 0.244 e. The van der Waals surface area contributed by atoms with Crippen LogP contribution in [0.4, 0.5) is 10.1 Å². The number of amides is 1. The van der Waals surface area contributed by atoms with Crippen LogP contribution in [0.3, 0.4) is 0 Å². The van der Waals surface area contributed by atoms with Gasteiger partial charge in [0.25, 0.3) is 0 Å². The van der Waals surface area contributed by atoms with E-state index in [0.29, 0.717) is 16.7 Å². The molecule has 4 N–H and O–H groups in total. The van der Waals surface area contributed by atoms with Crippen LogP contribution in [0.1, 0.15) is 25.7 Å². The molecule has 1 aliphatic carbocycles. The van der Waals surface area contributed by atoms with Gasteiger partial charge in [0.2, 0.25) is 11.8 Å². The van der Waals surface area contributed by atoms with Gasteiger partial charge < -0.3 is 20.9 Å². The zero-order valence-corrected chi connectivity index (χ0v) is 16.5. The van der Waals surface area contributed by atoms with Crippen molar-refractivity contribution in [3.05, 3.63) is 48.1 Å². The van der Waals surface area contributed by atoms with Crippen molar-refractivity contribution in [1.82, 2.24) is 4.98 Å². The standard InChI is InChI=1S/C20H23FN3O3P/c21-16-8-12(9-17(28)19(16)24-11-13(25)10-18(22)26)15-6-3-7-23-20(15)27-14-4-1-2-5-14/h3,6-10,14,24-25H,1-2,4-5,11,28H2,(H2,22,26)/b13-10-. The molecule has 0 aliphatic heterocycles. The van der Waals surface area contributed by atoms with Crippen LogP contribution in [0.15, 0.2) is 42.3 Å². The van der Waals surface area contributed by atoms with E-state index in [2.05, 4.69) is 19.5 Å². The third-order valence-corrected chi connectivity index (χ3v) is 4.99. The molecule has 1 aromatic carbocycles. The van der Waals surface area contributed by atoms with Gasteiger partial charge in [-0.05, 0) is 60.8 Å². The maximum absolute atomic E-state index is 14.7. The van der Waals surface area contributed by atoms with Gasteiger partial charge in [0.15, 0.2) is 0 Å². The summed E-state index contributed by atoms with van der Waals surface area (Å²) < 4.78 is 20.8. The number of aliphatic hydroxyl groups excluding tert-OH is 1. The molecule has 1 fully saturated rings. The summed E-state index contributed by atoms with van der Waals surface area (Å²) in [5.74, 6) is -1.04. The molecule has 0 saturated heterocycles. The van der Waals surface area contributed by atoms with Gasteiger partial charge >= 0.3 is 0 Å². The van der Waals surface area contributed by atoms with Gasteiger partial charge in [-0.3, -0.25) is 4.79 Å². The predicted octanol–water partition coefficient (Wildman–Crippen LogP) is 3.05. The monoisotopic (exact) mass is 403 g/mol. The highest BCUT2D eigenvalue weighted by molar-refractivity contribution is 7.28. The van der Waals surface area contributed by atoms with E-state index >= 15 is 0 Å². The van der Waals surface area contributed by atoms with Crippen LogP contribution in [0.5, 0.6) is 5.88 Å².